The summed E-state index contributed by atoms with van der Waals surface area (Å²) in [5.74, 6) is -0.368. The number of thiazole rings is 1. The van der Waals surface area contributed by atoms with E-state index in [-0.39, 0.29) is 17.2 Å². The number of aromatic hydroxyl groups is 1. The highest BCUT2D eigenvalue weighted by Gasteiger charge is 2.12. The van der Waals surface area contributed by atoms with Crippen molar-refractivity contribution in [1.82, 2.24) is 4.98 Å². The molecule has 2 aromatic rings. The lowest BCUT2D eigenvalue weighted by molar-refractivity contribution is 0.102. The molecule has 2 rings (SSSR count). The molecule has 5 heteroatoms. The van der Waals surface area contributed by atoms with Crippen LogP contribution in [-0.2, 0) is 0 Å². The van der Waals surface area contributed by atoms with Gasteiger partial charge in [-0.3, -0.25) is 10.1 Å². The number of rotatable bonds is 2. The Labute approximate surface area is 103 Å². The van der Waals surface area contributed by atoms with E-state index in [9.17, 15) is 9.90 Å². The van der Waals surface area contributed by atoms with Crippen LogP contribution in [0.1, 0.15) is 20.8 Å². The van der Waals surface area contributed by atoms with Gasteiger partial charge in [0, 0.05) is 11.1 Å². The van der Waals surface area contributed by atoms with Crippen molar-refractivity contribution in [2.45, 2.75) is 13.8 Å². The molecular weight excluding hydrogens is 236 g/mol. The van der Waals surface area contributed by atoms with E-state index in [1.807, 2.05) is 13.8 Å². The summed E-state index contributed by atoms with van der Waals surface area (Å²) in [5, 5.41) is 12.8. The second kappa shape index (κ2) is 4.55. The van der Waals surface area contributed by atoms with Crippen LogP contribution in [0.4, 0.5) is 5.13 Å². The van der Waals surface area contributed by atoms with Gasteiger partial charge >= 0.3 is 0 Å². The van der Waals surface area contributed by atoms with Crippen LogP contribution in [0.15, 0.2) is 24.4 Å². The fourth-order valence-electron chi connectivity index (χ4n) is 1.41. The van der Waals surface area contributed by atoms with Crippen molar-refractivity contribution in [2.24, 2.45) is 0 Å². The summed E-state index contributed by atoms with van der Waals surface area (Å²) in [7, 11) is 0. The molecule has 0 saturated heterocycles. The minimum atomic E-state index is -0.350. The molecule has 88 valence electrons. The van der Waals surface area contributed by atoms with Crippen LogP contribution < -0.4 is 5.32 Å². The zero-order valence-corrected chi connectivity index (χ0v) is 10.3. The Morgan fingerprint density at radius 1 is 1.41 bits per heavy atom. The maximum atomic E-state index is 11.9. The van der Waals surface area contributed by atoms with Crippen molar-refractivity contribution >= 4 is 22.4 Å². The fraction of sp³-hybridized carbons (Fsp3) is 0.167. The average Bonchev–Trinajstić information content (AvgIpc) is 2.63. The number of nitrogens with zero attached hydrogens (tertiary/aromatic N) is 1. The van der Waals surface area contributed by atoms with Crippen molar-refractivity contribution in [1.29, 1.82) is 0 Å². The van der Waals surface area contributed by atoms with E-state index < -0.39 is 0 Å². The fourth-order valence-corrected chi connectivity index (χ4v) is 2.07. The first-order valence-corrected chi connectivity index (χ1v) is 5.91. The van der Waals surface area contributed by atoms with Crippen LogP contribution in [0, 0.1) is 13.8 Å². The maximum Gasteiger partial charge on any atom is 0.261 e. The minimum absolute atomic E-state index is 0.0178. The van der Waals surface area contributed by atoms with Crippen LogP contribution in [0.2, 0.25) is 0 Å². The number of carbonyl (C=O) groups is 1. The second-order valence-corrected chi connectivity index (χ2v) is 4.99. The van der Waals surface area contributed by atoms with Gasteiger partial charge in [0.2, 0.25) is 0 Å². The van der Waals surface area contributed by atoms with Crippen LogP contribution in [0.5, 0.6) is 5.75 Å². The Balaban J connectivity index is 2.20. The molecule has 1 heterocycles. The Kier molecular flexibility index (Phi) is 3.10. The predicted octanol–water partition coefficient (Wildman–Crippen LogP) is 2.72. The lowest BCUT2D eigenvalue weighted by Gasteiger charge is -2.04. The lowest BCUT2D eigenvalue weighted by atomic mass is 10.1. The monoisotopic (exact) mass is 248 g/mol. The molecule has 1 amide bonds. The van der Waals surface area contributed by atoms with Gasteiger partial charge in [-0.1, -0.05) is 6.07 Å². The average molecular weight is 248 g/mol. The number of aryl methyl sites for hydroxylation is 2. The first-order valence-electron chi connectivity index (χ1n) is 5.09. The highest BCUT2D eigenvalue weighted by molar-refractivity contribution is 7.15. The van der Waals surface area contributed by atoms with Crippen LogP contribution in [0.25, 0.3) is 0 Å². The van der Waals surface area contributed by atoms with E-state index in [0.717, 1.165) is 10.4 Å². The quantitative estimate of drug-likeness (QED) is 0.859. The van der Waals surface area contributed by atoms with Gasteiger partial charge < -0.3 is 5.11 Å². The molecule has 0 fully saturated rings. The normalized spacial score (nSPS) is 10.2. The maximum absolute atomic E-state index is 11.9. The highest BCUT2D eigenvalue weighted by atomic mass is 32.1. The Bertz CT molecular complexity index is 563. The van der Waals surface area contributed by atoms with Crippen molar-refractivity contribution in [3.8, 4) is 5.75 Å². The zero-order valence-electron chi connectivity index (χ0n) is 9.52. The van der Waals surface area contributed by atoms with Crippen LogP contribution in [-0.4, -0.2) is 16.0 Å². The van der Waals surface area contributed by atoms with Crippen LogP contribution >= 0.6 is 11.3 Å². The molecule has 0 atom stereocenters. The van der Waals surface area contributed by atoms with Crippen molar-refractivity contribution in [2.75, 3.05) is 5.32 Å². The third kappa shape index (κ3) is 2.62. The number of phenols is 1. The number of hydrogen-bond acceptors (Lipinski definition) is 4. The zero-order chi connectivity index (χ0) is 12.4. The minimum Gasteiger partial charge on any atom is -0.507 e. The van der Waals surface area contributed by atoms with Crippen molar-refractivity contribution in [3.63, 3.8) is 0 Å². The second-order valence-electron chi connectivity index (χ2n) is 3.75. The molecule has 1 aromatic carbocycles. The van der Waals surface area contributed by atoms with Crippen LogP contribution in [0.3, 0.4) is 0 Å². The molecule has 4 nitrogen and oxygen atoms in total. The predicted molar refractivity (Wildman–Crippen MR) is 67.6 cm³/mol. The third-order valence-corrected chi connectivity index (χ3v) is 3.07. The Morgan fingerprint density at radius 2 is 2.18 bits per heavy atom. The van der Waals surface area contributed by atoms with Crippen molar-refractivity contribution < 1.29 is 9.90 Å². The first-order chi connectivity index (χ1) is 8.06. The largest absolute Gasteiger partial charge is 0.507 e. The van der Waals surface area contributed by atoms with Gasteiger partial charge in [-0.25, -0.2) is 4.98 Å². The van der Waals surface area contributed by atoms with E-state index in [0.29, 0.717) is 5.13 Å². The number of anilines is 1. The van der Waals surface area contributed by atoms with Gasteiger partial charge in [-0.15, -0.1) is 11.3 Å². The SMILES string of the molecule is Cc1ccc(C(=O)Nc2ncc(C)s2)c(O)c1. The summed E-state index contributed by atoms with van der Waals surface area (Å²) in [6.45, 7) is 3.77. The number of amides is 1. The lowest BCUT2D eigenvalue weighted by Crippen LogP contribution is -2.11. The number of carbonyl (C=O) groups excluding carboxylic acids is 1. The summed E-state index contributed by atoms with van der Waals surface area (Å²) < 4.78 is 0. The molecule has 0 unspecified atom stereocenters. The topological polar surface area (TPSA) is 62.2 Å². The summed E-state index contributed by atoms with van der Waals surface area (Å²) >= 11 is 1.40. The van der Waals surface area contributed by atoms with Gasteiger partial charge in [0.1, 0.15) is 5.75 Å². The Morgan fingerprint density at radius 3 is 2.76 bits per heavy atom. The van der Waals surface area contributed by atoms with Gasteiger partial charge in [-0.2, -0.15) is 0 Å². The van der Waals surface area contributed by atoms with E-state index in [4.69, 9.17) is 0 Å². The number of benzene rings is 1. The third-order valence-electron chi connectivity index (χ3n) is 2.24. The molecule has 0 radical (unpaired) electrons. The highest BCUT2D eigenvalue weighted by Crippen LogP contribution is 2.22. The standard InChI is InChI=1S/C12H12N2O2S/c1-7-3-4-9(10(15)5-7)11(16)14-12-13-6-8(2)17-12/h3-6,15H,1-2H3,(H,13,14,16). The molecule has 2 N–H and O–H groups in total. The molecule has 0 saturated carbocycles. The van der Waals surface area contributed by atoms with E-state index in [1.165, 1.54) is 11.3 Å². The van der Waals surface area contributed by atoms with E-state index in [1.54, 1.807) is 24.4 Å². The van der Waals surface area contributed by atoms with Crippen molar-refractivity contribution in [3.05, 3.63) is 40.4 Å². The first kappa shape index (κ1) is 11.6. The number of nitrogens with one attached hydrogen (secondary N) is 1. The van der Waals surface area contributed by atoms with Gasteiger partial charge in [-0.05, 0) is 31.5 Å². The molecule has 1 aromatic heterocycles. The molecule has 17 heavy (non-hydrogen) atoms. The Hall–Kier alpha value is -1.88. The summed E-state index contributed by atoms with van der Waals surface area (Å²) in [4.78, 5) is 16.9. The molecule has 0 aliphatic rings. The molecular formula is C12H12N2O2S. The number of phenolic OH excluding ortho intramolecular Hbond substituents is 1. The number of hydrogen-bond donors (Lipinski definition) is 2. The summed E-state index contributed by atoms with van der Waals surface area (Å²) in [6, 6.07) is 4.93. The summed E-state index contributed by atoms with van der Waals surface area (Å²) in [6.07, 6.45) is 1.69. The van der Waals surface area contributed by atoms with E-state index >= 15 is 0 Å². The van der Waals surface area contributed by atoms with Gasteiger partial charge in [0.25, 0.3) is 5.91 Å². The molecule has 0 bridgehead atoms. The molecule has 0 spiro atoms. The smallest absolute Gasteiger partial charge is 0.261 e. The number of aromatic nitrogens is 1. The van der Waals surface area contributed by atoms with Gasteiger partial charge in [0.15, 0.2) is 5.13 Å². The molecule has 0 aliphatic carbocycles. The molecule has 0 aliphatic heterocycles. The van der Waals surface area contributed by atoms with Gasteiger partial charge in [0.05, 0.1) is 5.56 Å². The van der Waals surface area contributed by atoms with E-state index in [2.05, 4.69) is 10.3 Å². The summed E-state index contributed by atoms with van der Waals surface area (Å²) in [5.41, 5.74) is 1.16.